The summed E-state index contributed by atoms with van der Waals surface area (Å²) < 4.78 is 39.0. The Hall–Kier alpha value is 0.215. The van der Waals surface area contributed by atoms with Crippen LogP contribution in [0.5, 0.6) is 0 Å². The maximum absolute atomic E-state index is 9.75. The SMILES string of the molecule is CP(C1CCCCC1)C1CCCCC1.F[B-](F)(F)F. The molecule has 0 nitrogen and oxygen atoms in total. The first kappa shape index (κ1) is 17.3. The fraction of sp³-hybridized carbons (Fsp3) is 1.00. The fourth-order valence-electron chi connectivity index (χ4n) is 3.27. The molecule has 2 aliphatic rings. The summed E-state index contributed by atoms with van der Waals surface area (Å²) >= 11 is 0. The summed E-state index contributed by atoms with van der Waals surface area (Å²) in [5.74, 6) is 0. The van der Waals surface area contributed by atoms with E-state index in [4.69, 9.17) is 0 Å². The van der Waals surface area contributed by atoms with Crippen molar-refractivity contribution < 1.29 is 17.3 Å². The summed E-state index contributed by atoms with van der Waals surface area (Å²) in [5, 5.41) is 0. The molecule has 2 fully saturated rings. The lowest BCUT2D eigenvalue weighted by atomic mass is 9.99. The third kappa shape index (κ3) is 8.17. The van der Waals surface area contributed by atoms with Crippen molar-refractivity contribution in [1.29, 1.82) is 0 Å². The average Bonchev–Trinajstić information content (AvgIpc) is 2.38. The number of hydrogen-bond donors (Lipinski definition) is 0. The Morgan fingerprint density at radius 3 is 1.21 bits per heavy atom. The molecular formula is C13H25BF4P-. The molecule has 0 aromatic rings. The Kier molecular flexibility index (Phi) is 7.72. The van der Waals surface area contributed by atoms with E-state index in [1.54, 1.807) is 25.7 Å². The second kappa shape index (κ2) is 8.49. The highest BCUT2D eigenvalue weighted by atomic mass is 31.1. The highest BCUT2D eigenvalue weighted by Gasteiger charge is 2.27. The number of halogens is 4. The average molecular weight is 299 g/mol. The summed E-state index contributed by atoms with van der Waals surface area (Å²) in [4.78, 5) is 0. The first-order valence-electron chi connectivity index (χ1n) is 7.47. The van der Waals surface area contributed by atoms with E-state index in [1.165, 1.54) is 38.5 Å². The predicted octanol–water partition coefficient (Wildman–Crippen LogP) is 6.06. The zero-order valence-electron chi connectivity index (χ0n) is 11.8. The second-order valence-corrected chi connectivity index (χ2v) is 8.54. The van der Waals surface area contributed by atoms with Crippen LogP contribution in [-0.2, 0) is 0 Å². The van der Waals surface area contributed by atoms with Gasteiger partial charge >= 0.3 is 7.25 Å². The van der Waals surface area contributed by atoms with E-state index >= 15 is 0 Å². The van der Waals surface area contributed by atoms with Crippen molar-refractivity contribution in [3.8, 4) is 0 Å². The van der Waals surface area contributed by atoms with Crippen molar-refractivity contribution in [1.82, 2.24) is 0 Å². The molecule has 0 unspecified atom stereocenters. The van der Waals surface area contributed by atoms with Crippen LogP contribution in [0.1, 0.15) is 64.2 Å². The molecule has 0 amide bonds. The van der Waals surface area contributed by atoms with Crippen LogP contribution >= 0.6 is 7.92 Å². The molecule has 0 N–H and O–H groups in total. The molecule has 0 atom stereocenters. The van der Waals surface area contributed by atoms with E-state index in [-0.39, 0.29) is 0 Å². The third-order valence-electron chi connectivity index (χ3n) is 4.30. The lowest BCUT2D eigenvalue weighted by Crippen LogP contribution is -2.19. The standard InChI is InChI=1S/C13H25P.BF4/c1-14(12-8-4-2-5-9-12)13-10-6-3-7-11-13;2-1(3,4)5/h12-13H,2-11H2,1H3;/q;-1. The minimum atomic E-state index is -6.00. The topological polar surface area (TPSA) is 0 Å². The highest BCUT2D eigenvalue weighted by Crippen LogP contribution is 2.52. The van der Waals surface area contributed by atoms with Gasteiger partial charge in [-0.2, -0.15) is 0 Å². The van der Waals surface area contributed by atoms with Crippen molar-refractivity contribution in [2.75, 3.05) is 6.66 Å². The van der Waals surface area contributed by atoms with Gasteiger partial charge < -0.3 is 17.3 Å². The Balaban J connectivity index is 0.000000312. The minimum absolute atomic E-state index is 0.383. The normalized spacial score (nSPS) is 23.1. The lowest BCUT2D eigenvalue weighted by Gasteiger charge is -2.36. The van der Waals surface area contributed by atoms with E-state index < -0.39 is 7.25 Å². The summed E-state index contributed by atoms with van der Waals surface area (Å²) in [6, 6.07) is 0. The van der Waals surface area contributed by atoms with Crippen LogP contribution in [0.2, 0.25) is 0 Å². The van der Waals surface area contributed by atoms with Gasteiger partial charge in [0.2, 0.25) is 0 Å². The van der Waals surface area contributed by atoms with Crippen LogP contribution in [0.3, 0.4) is 0 Å². The lowest BCUT2D eigenvalue weighted by molar-refractivity contribution is 0.368. The Morgan fingerprint density at radius 2 is 0.947 bits per heavy atom. The van der Waals surface area contributed by atoms with Crippen molar-refractivity contribution in [3.05, 3.63) is 0 Å². The van der Waals surface area contributed by atoms with Crippen LogP contribution in [-0.4, -0.2) is 25.2 Å². The molecule has 0 bridgehead atoms. The number of hydrogen-bond acceptors (Lipinski definition) is 0. The van der Waals surface area contributed by atoms with Crippen molar-refractivity contribution in [2.24, 2.45) is 0 Å². The Bertz CT molecular complexity index is 211. The Labute approximate surface area is 115 Å². The molecule has 0 aliphatic heterocycles. The van der Waals surface area contributed by atoms with Crippen LogP contribution < -0.4 is 0 Å². The molecule has 2 saturated carbocycles. The first-order valence-corrected chi connectivity index (χ1v) is 9.40. The zero-order chi connectivity index (χ0) is 14.3. The summed E-state index contributed by atoms with van der Waals surface area (Å²) in [5.41, 5.74) is 2.31. The molecule has 0 aromatic heterocycles. The van der Waals surface area contributed by atoms with Crippen molar-refractivity contribution in [3.63, 3.8) is 0 Å². The quantitative estimate of drug-likeness (QED) is 0.330. The predicted molar refractivity (Wildman–Crippen MR) is 76.8 cm³/mol. The molecule has 2 aliphatic carbocycles. The van der Waals surface area contributed by atoms with Crippen LogP contribution in [0.4, 0.5) is 17.3 Å². The zero-order valence-corrected chi connectivity index (χ0v) is 12.7. The second-order valence-electron chi connectivity index (χ2n) is 5.74. The molecule has 2 rings (SSSR count). The van der Waals surface area contributed by atoms with Crippen molar-refractivity contribution in [2.45, 2.75) is 75.5 Å². The van der Waals surface area contributed by atoms with Gasteiger partial charge in [-0.15, -0.1) is 7.92 Å². The van der Waals surface area contributed by atoms with Gasteiger partial charge in [0, 0.05) is 0 Å². The molecule has 114 valence electrons. The molecule has 6 heteroatoms. The maximum atomic E-state index is 9.75. The van der Waals surface area contributed by atoms with E-state index in [0.717, 1.165) is 11.3 Å². The van der Waals surface area contributed by atoms with Gasteiger partial charge in [-0.1, -0.05) is 38.5 Å². The van der Waals surface area contributed by atoms with E-state index in [0.29, 0.717) is 7.92 Å². The first-order chi connectivity index (χ1) is 8.88. The summed E-state index contributed by atoms with van der Waals surface area (Å²) in [6.45, 7) is 2.61. The molecule has 19 heavy (non-hydrogen) atoms. The van der Waals surface area contributed by atoms with Gasteiger partial charge in [0.1, 0.15) is 0 Å². The number of rotatable bonds is 2. The fourth-order valence-corrected chi connectivity index (χ4v) is 6.23. The summed E-state index contributed by atoms with van der Waals surface area (Å²) in [7, 11) is -5.62. The monoisotopic (exact) mass is 299 g/mol. The van der Waals surface area contributed by atoms with Crippen LogP contribution in [0.25, 0.3) is 0 Å². The molecule has 0 heterocycles. The molecule has 0 aromatic carbocycles. The Morgan fingerprint density at radius 1 is 0.684 bits per heavy atom. The van der Waals surface area contributed by atoms with E-state index in [1.807, 2.05) is 0 Å². The van der Waals surface area contributed by atoms with Gasteiger partial charge in [-0.05, 0) is 43.7 Å². The highest BCUT2D eigenvalue weighted by molar-refractivity contribution is 7.58. The smallest absolute Gasteiger partial charge is 0.418 e. The van der Waals surface area contributed by atoms with Gasteiger partial charge in [0.05, 0.1) is 0 Å². The summed E-state index contributed by atoms with van der Waals surface area (Å²) in [6.07, 6.45) is 15.4. The van der Waals surface area contributed by atoms with Gasteiger partial charge in [-0.3, -0.25) is 0 Å². The van der Waals surface area contributed by atoms with Gasteiger partial charge in [0.15, 0.2) is 0 Å². The van der Waals surface area contributed by atoms with Gasteiger partial charge in [0.25, 0.3) is 0 Å². The van der Waals surface area contributed by atoms with Crippen molar-refractivity contribution >= 4 is 15.2 Å². The van der Waals surface area contributed by atoms with E-state index in [2.05, 4.69) is 6.66 Å². The molecule has 0 radical (unpaired) electrons. The molecule has 0 spiro atoms. The van der Waals surface area contributed by atoms with E-state index in [9.17, 15) is 17.3 Å². The molecular weight excluding hydrogens is 274 g/mol. The largest absolute Gasteiger partial charge is 0.673 e. The van der Waals surface area contributed by atoms with Gasteiger partial charge in [-0.25, -0.2) is 0 Å². The van der Waals surface area contributed by atoms with Crippen LogP contribution in [0, 0.1) is 0 Å². The third-order valence-corrected chi connectivity index (χ3v) is 7.64. The van der Waals surface area contributed by atoms with Crippen LogP contribution in [0.15, 0.2) is 0 Å². The maximum Gasteiger partial charge on any atom is 0.673 e. The minimum Gasteiger partial charge on any atom is -0.418 e. The molecule has 0 saturated heterocycles.